The van der Waals surface area contributed by atoms with Crippen LogP contribution >= 0.6 is 24.8 Å². The summed E-state index contributed by atoms with van der Waals surface area (Å²) in [6.45, 7) is 2.71. The Hall–Kier alpha value is -1.79. The molecule has 5 nitrogen and oxygen atoms in total. The highest BCUT2D eigenvalue weighted by molar-refractivity contribution is 5.85. The fraction of sp³-hybridized carbons (Fsp3) is 0.435. The number of hydrogen-bond donors (Lipinski definition) is 2. The minimum atomic E-state index is -0.569. The molecule has 1 fully saturated rings. The lowest BCUT2D eigenvalue weighted by molar-refractivity contribution is -0.135. The number of aromatic hydroxyl groups is 1. The van der Waals surface area contributed by atoms with Crippen LogP contribution < -0.4 is 5.73 Å². The van der Waals surface area contributed by atoms with Gasteiger partial charge in [-0.25, -0.2) is 0 Å². The van der Waals surface area contributed by atoms with E-state index in [1.54, 1.807) is 12.1 Å². The van der Waals surface area contributed by atoms with E-state index in [1.165, 1.54) is 5.56 Å². The predicted octanol–water partition coefficient (Wildman–Crippen LogP) is 3.27. The van der Waals surface area contributed by atoms with Crippen molar-refractivity contribution in [3.63, 3.8) is 0 Å². The standard InChI is InChI=1S/C23H31N3O2.2ClH/c1-25-14-12-20(13-15-25)26(16-11-18-5-3-2-4-6-18)23(28)22(24)17-19-7-9-21(27)10-8-19;;/h2-10,20,22,27H,11-17,24H2,1H3;2*1H/t22-;;/m0../s1. The van der Waals surface area contributed by atoms with Crippen molar-refractivity contribution in [1.82, 2.24) is 9.80 Å². The Labute approximate surface area is 192 Å². The van der Waals surface area contributed by atoms with Crippen molar-refractivity contribution in [1.29, 1.82) is 0 Å². The van der Waals surface area contributed by atoms with Crippen LogP contribution in [0.25, 0.3) is 0 Å². The molecule has 0 spiro atoms. The van der Waals surface area contributed by atoms with Crippen LogP contribution in [0.4, 0.5) is 0 Å². The number of piperidine rings is 1. The molecule has 0 radical (unpaired) electrons. The average molecular weight is 454 g/mol. The lowest BCUT2D eigenvalue weighted by atomic mass is 9.99. The van der Waals surface area contributed by atoms with Gasteiger partial charge in [0.2, 0.25) is 5.91 Å². The van der Waals surface area contributed by atoms with Crippen LogP contribution in [0.5, 0.6) is 5.75 Å². The summed E-state index contributed by atoms with van der Waals surface area (Å²) in [5, 5.41) is 9.45. The van der Waals surface area contributed by atoms with Crippen molar-refractivity contribution in [2.75, 3.05) is 26.7 Å². The molecular weight excluding hydrogens is 421 g/mol. The van der Waals surface area contributed by atoms with Gasteiger partial charge in [0.05, 0.1) is 6.04 Å². The maximum absolute atomic E-state index is 13.3. The Balaban J connectivity index is 0.00000225. The van der Waals surface area contributed by atoms with Crippen LogP contribution in [0.3, 0.4) is 0 Å². The normalized spacial score (nSPS) is 15.5. The number of phenolic OH excluding ortho intramolecular Hbond substituents is 1. The second kappa shape index (κ2) is 12.8. The van der Waals surface area contributed by atoms with Gasteiger partial charge in [0.15, 0.2) is 0 Å². The summed E-state index contributed by atoms with van der Waals surface area (Å²) in [5.41, 5.74) is 8.53. The third kappa shape index (κ3) is 7.47. The number of phenols is 1. The molecule has 1 atom stereocenters. The lowest BCUT2D eigenvalue weighted by Gasteiger charge is -2.38. The van der Waals surface area contributed by atoms with E-state index >= 15 is 0 Å². The summed E-state index contributed by atoms with van der Waals surface area (Å²) >= 11 is 0. The number of hydrogen-bond acceptors (Lipinski definition) is 4. The van der Waals surface area contributed by atoms with Crippen LogP contribution in [-0.2, 0) is 17.6 Å². The summed E-state index contributed by atoms with van der Waals surface area (Å²) in [7, 11) is 2.13. The van der Waals surface area contributed by atoms with E-state index in [0.29, 0.717) is 13.0 Å². The Morgan fingerprint density at radius 1 is 1.07 bits per heavy atom. The first-order valence-electron chi connectivity index (χ1n) is 10.1. The molecule has 2 aromatic carbocycles. The molecule has 166 valence electrons. The zero-order chi connectivity index (χ0) is 19.9. The van der Waals surface area contributed by atoms with E-state index in [0.717, 1.165) is 37.9 Å². The molecule has 0 saturated carbocycles. The zero-order valence-corrected chi connectivity index (χ0v) is 19.1. The van der Waals surface area contributed by atoms with Gasteiger partial charge in [0, 0.05) is 12.6 Å². The first kappa shape index (κ1) is 26.2. The van der Waals surface area contributed by atoms with Crippen molar-refractivity contribution >= 4 is 30.7 Å². The second-order valence-electron chi connectivity index (χ2n) is 7.78. The van der Waals surface area contributed by atoms with E-state index in [2.05, 4.69) is 24.1 Å². The maximum atomic E-state index is 13.3. The predicted molar refractivity (Wildman–Crippen MR) is 127 cm³/mol. The Morgan fingerprint density at radius 2 is 1.67 bits per heavy atom. The fourth-order valence-electron chi connectivity index (χ4n) is 3.86. The Bertz CT molecular complexity index is 751. The van der Waals surface area contributed by atoms with Gasteiger partial charge in [-0.2, -0.15) is 0 Å². The van der Waals surface area contributed by atoms with Crippen molar-refractivity contribution in [3.8, 4) is 5.75 Å². The van der Waals surface area contributed by atoms with Gasteiger partial charge in [-0.3, -0.25) is 4.79 Å². The number of likely N-dealkylation sites (tertiary alicyclic amines) is 1. The molecule has 3 N–H and O–H groups in total. The molecule has 0 aromatic heterocycles. The molecule has 1 heterocycles. The van der Waals surface area contributed by atoms with Crippen LogP contribution in [0.1, 0.15) is 24.0 Å². The summed E-state index contributed by atoms with van der Waals surface area (Å²) in [4.78, 5) is 17.6. The highest BCUT2D eigenvalue weighted by Gasteiger charge is 2.29. The number of rotatable bonds is 7. The Kier molecular flexibility index (Phi) is 11.2. The van der Waals surface area contributed by atoms with E-state index in [-0.39, 0.29) is 42.5 Å². The third-order valence-electron chi connectivity index (χ3n) is 5.61. The fourth-order valence-corrected chi connectivity index (χ4v) is 3.86. The topological polar surface area (TPSA) is 69.8 Å². The highest BCUT2D eigenvalue weighted by atomic mass is 35.5. The highest BCUT2D eigenvalue weighted by Crippen LogP contribution is 2.19. The number of nitrogens with two attached hydrogens (primary N) is 1. The van der Waals surface area contributed by atoms with Gasteiger partial charge >= 0.3 is 0 Å². The molecule has 0 unspecified atom stereocenters. The average Bonchev–Trinajstić information content (AvgIpc) is 2.71. The minimum Gasteiger partial charge on any atom is -0.508 e. The summed E-state index contributed by atoms with van der Waals surface area (Å²) in [6.07, 6.45) is 3.30. The molecule has 0 bridgehead atoms. The van der Waals surface area contributed by atoms with Crippen LogP contribution in [-0.4, -0.2) is 59.6 Å². The molecule has 0 aliphatic carbocycles. The molecule has 1 amide bonds. The molecular formula is C23H33Cl2N3O2. The molecule has 7 heteroatoms. The zero-order valence-electron chi connectivity index (χ0n) is 17.4. The van der Waals surface area contributed by atoms with Gasteiger partial charge in [0.1, 0.15) is 5.75 Å². The molecule has 1 aliphatic rings. The first-order valence-corrected chi connectivity index (χ1v) is 10.1. The Morgan fingerprint density at radius 3 is 2.27 bits per heavy atom. The van der Waals surface area contributed by atoms with E-state index < -0.39 is 6.04 Å². The minimum absolute atomic E-state index is 0. The van der Waals surface area contributed by atoms with Crippen molar-refractivity contribution in [2.24, 2.45) is 5.73 Å². The van der Waals surface area contributed by atoms with Crippen LogP contribution in [0.15, 0.2) is 54.6 Å². The van der Waals surface area contributed by atoms with E-state index in [9.17, 15) is 9.90 Å². The summed E-state index contributed by atoms with van der Waals surface area (Å²) in [5.74, 6) is 0.248. The van der Waals surface area contributed by atoms with Gasteiger partial charge in [0.25, 0.3) is 0 Å². The van der Waals surface area contributed by atoms with E-state index in [1.807, 2.05) is 35.2 Å². The molecule has 2 aromatic rings. The lowest BCUT2D eigenvalue weighted by Crippen LogP contribution is -2.53. The van der Waals surface area contributed by atoms with Crippen LogP contribution in [0.2, 0.25) is 0 Å². The van der Waals surface area contributed by atoms with Gasteiger partial charge in [-0.1, -0.05) is 42.5 Å². The van der Waals surface area contributed by atoms with Gasteiger partial charge < -0.3 is 20.6 Å². The number of nitrogens with zero attached hydrogens (tertiary/aromatic N) is 2. The smallest absolute Gasteiger partial charge is 0.240 e. The number of halogens is 2. The van der Waals surface area contributed by atoms with E-state index in [4.69, 9.17) is 5.73 Å². The maximum Gasteiger partial charge on any atom is 0.240 e. The van der Waals surface area contributed by atoms with Crippen molar-refractivity contribution < 1.29 is 9.90 Å². The number of amides is 1. The SMILES string of the molecule is CN1CCC(N(CCc2ccccc2)C(=O)[C@@H](N)Cc2ccc(O)cc2)CC1.Cl.Cl. The quantitative estimate of drug-likeness (QED) is 0.674. The second-order valence-corrected chi connectivity index (χ2v) is 7.78. The molecule has 1 aliphatic heterocycles. The summed E-state index contributed by atoms with van der Waals surface area (Å²) in [6, 6.07) is 16.9. The van der Waals surface area contributed by atoms with Crippen molar-refractivity contribution in [3.05, 3.63) is 65.7 Å². The molecule has 3 rings (SSSR count). The first-order chi connectivity index (χ1) is 13.5. The van der Waals surface area contributed by atoms with Gasteiger partial charge in [-0.15, -0.1) is 24.8 Å². The van der Waals surface area contributed by atoms with Crippen LogP contribution in [0, 0.1) is 0 Å². The number of benzene rings is 2. The molecule has 30 heavy (non-hydrogen) atoms. The number of carbonyl (C=O) groups is 1. The molecule has 1 saturated heterocycles. The van der Waals surface area contributed by atoms with Crippen molar-refractivity contribution in [2.45, 2.75) is 37.8 Å². The van der Waals surface area contributed by atoms with Gasteiger partial charge in [-0.05, 0) is 69.1 Å². The summed E-state index contributed by atoms with van der Waals surface area (Å²) < 4.78 is 0. The monoisotopic (exact) mass is 453 g/mol. The number of carbonyl (C=O) groups excluding carboxylic acids is 1. The largest absolute Gasteiger partial charge is 0.508 e. The third-order valence-corrected chi connectivity index (χ3v) is 5.61.